The van der Waals surface area contributed by atoms with Crippen LogP contribution in [0.5, 0.6) is 0 Å². The third-order valence-electron chi connectivity index (χ3n) is 4.13. The van der Waals surface area contributed by atoms with Crippen LogP contribution in [0.25, 0.3) is 0 Å². The van der Waals surface area contributed by atoms with Crippen LogP contribution in [0.2, 0.25) is 0 Å². The SMILES string of the molecule is O=C1C=C[C@@H]2C=C(S(=O)(=O)NC3CCCCC3)C=C[C@H]2O1. The zero-order valence-electron chi connectivity index (χ0n) is 11.7. The summed E-state index contributed by atoms with van der Waals surface area (Å²) in [6.07, 6.45) is 12.6. The summed E-state index contributed by atoms with van der Waals surface area (Å²) in [7, 11) is -3.50. The van der Waals surface area contributed by atoms with Gasteiger partial charge in [0.2, 0.25) is 10.0 Å². The van der Waals surface area contributed by atoms with Crippen LogP contribution < -0.4 is 4.72 Å². The second-order valence-corrected chi connectivity index (χ2v) is 7.44. The number of hydrogen-bond donors (Lipinski definition) is 1. The highest BCUT2D eigenvalue weighted by atomic mass is 32.2. The Morgan fingerprint density at radius 1 is 1.10 bits per heavy atom. The van der Waals surface area contributed by atoms with Gasteiger partial charge in [-0.05, 0) is 25.0 Å². The van der Waals surface area contributed by atoms with Gasteiger partial charge in [0.05, 0.1) is 4.91 Å². The summed E-state index contributed by atoms with van der Waals surface area (Å²) < 4.78 is 32.8. The summed E-state index contributed by atoms with van der Waals surface area (Å²) >= 11 is 0. The highest BCUT2D eigenvalue weighted by Crippen LogP contribution is 2.27. The molecule has 0 spiro atoms. The first-order valence-electron chi connectivity index (χ1n) is 7.36. The highest BCUT2D eigenvalue weighted by molar-refractivity contribution is 7.93. The van der Waals surface area contributed by atoms with Crippen molar-refractivity contribution in [2.24, 2.45) is 5.92 Å². The van der Waals surface area contributed by atoms with Crippen LogP contribution in [0.15, 0.2) is 35.3 Å². The monoisotopic (exact) mass is 309 g/mol. The van der Waals surface area contributed by atoms with Gasteiger partial charge >= 0.3 is 5.97 Å². The predicted molar refractivity (Wildman–Crippen MR) is 78.7 cm³/mol. The molecule has 0 aromatic carbocycles. The van der Waals surface area contributed by atoms with E-state index in [0.29, 0.717) is 0 Å². The Morgan fingerprint density at radius 3 is 2.62 bits per heavy atom. The van der Waals surface area contributed by atoms with Crippen molar-refractivity contribution < 1.29 is 17.9 Å². The van der Waals surface area contributed by atoms with E-state index in [2.05, 4.69) is 4.72 Å². The van der Waals surface area contributed by atoms with Crippen LogP contribution in [0.3, 0.4) is 0 Å². The van der Waals surface area contributed by atoms with Gasteiger partial charge in [-0.25, -0.2) is 17.9 Å². The second kappa shape index (κ2) is 5.77. The molecule has 3 aliphatic rings. The largest absolute Gasteiger partial charge is 0.454 e. The summed E-state index contributed by atoms with van der Waals surface area (Å²) in [6, 6.07) is 0.0375. The molecule has 0 radical (unpaired) electrons. The van der Waals surface area contributed by atoms with Crippen molar-refractivity contribution in [2.45, 2.75) is 44.2 Å². The van der Waals surface area contributed by atoms with Gasteiger partial charge in [0.15, 0.2) is 0 Å². The summed E-state index contributed by atoms with van der Waals surface area (Å²) in [6.45, 7) is 0. The van der Waals surface area contributed by atoms with E-state index in [9.17, 15) is 13.2 Å². The van der Waals surface area contributed by atoms with Crippen LogP contribution in [-0.4, -0.2) is 26.5 Å². The molecule has 114 valence electrons. The average Bonchev–Trinajstić information content (AvgIpc) is 2.47. The molecule has 6 heteroatoms. The maximum Gasteiger partial charge on any atom is 0.331 e. The van der Waals surface area contributed by atoms with Crippen molar-refractivity contribution in [3.05, 3.63) is 35.3 Å². The third-order valence-corrected chi connectivity index (χ3v) is 5.67. The molecule has 0 bridgehead atoms. The molecule has 0 unspecified atom stereocenters. The number of carbonyl (C=O) groups excluding carboxylic acids is 1. The molecule has 2 atom stereocenters. The van der Waals surface area contributed by atoms with Gasteiger partial charge in [-0.3, -0.25) is 0 Å². The van der Waals surface area contributed by atoms with Crippen LogP contribution in [0.4, 0.5) is 0 Å². The molecular formula is C15H19NO4S. The molecule has 5 nitrogen and oxygen atoms in total. The number of sulfonamides is 1. The fourth-order valence-electron chi connectivity index (χ4n) is 2.99. The van der Waals surface area contributed by atoms with E-state index >= 15 is 0 Å². The number of carbonyl (C=O) groups is 1. The standard InChI is InChI=1S/C15H19NO4S/c17-15-9-6-11-10-13(7-8-14(11)20-15)21(18,19)16-12-4-2-1-3-5-12/h6-12,14,16H,1-5H2/t11-,14-/m1/s1. The van der Waals surface area contributed by atoms with Crippen LogP contribution in [0, 0.1) is 5.92 Å². The van der Waals surface area contributed by atoms with Gasteiger partial charge in [0.1, 0.15) is 6.10 Å². The van der Waals surface area contributed by atoms with Gasteiger partial charge in [0, 0.05) is 18.0 Å². The maximum absolute atomic E-state index is 12.4. The normalized spacial score (nSPS) is 29.7. The molecule has 0 amide bonds. The van der Waals surface area contributed by atoms with Crippen molar-refractivity contribution in [3.63, 3.8) is 0 Å². The minimum Gasteiger partial charge on any atom is -0.454 e. The first-order chi connectivity index (χ1) is 10.0. The Bertz CT molecular complexity index is 612. The lowest BCUT2D eigenvalue weighted by atomic mass is 9.95. The Balaban J connectivity index is 1.75. The smallest absolute Gasteiger partial charge is 0.331 e. The quantitative estimate of drug-likeness (QED) is 0.807. The van der Waals surface area contributed by atoms with Gasteiger partial charge in [-0.1, -0.05) is 31.4 Å². The lowest BCUT2D eigenvalue weighted by Crippen LogP contribution is -2.37. The summed E-state index contributed by atoms with van der Waals surface area (Å²) in [5.41, 5.74) is 0. The molecule has 1 heterocycles. The van der Waals surface area contributed by atoms with Gasteiger partial charge in [-0.2, -0.15) is 0 Å². The molecule has 1 N–H and O–H groups in total. The Morgan fingerprint density at radius 2 is 1.86 bits per heavy atom. The zero-order valence-corrected chi connectivity index (χ0v) is 12.5. The van der Waals surface area contributed by atoms with Crippen molar-refractivity contribution >= 4 is 16.0 Å². The third kappa shape index (κ3) is 3.27. The second-order valence-electron chi connectivity index (χ2n) is 5.72. The van der Waals surface area contributed by atoms with E-state index in [-0.39, 0.29) is 22.8 Å². The van der Waals surface area contributed by atoms with E-state index in [1.807, 2.05) is 0 Å². The number of ether oxygens (including phenoxy) is 1. The number of fused-ring (bicyclic) bond motifs is 1. The molecular weight excluding hydrogens is 290 g/mol. The number of allylic oxidation sites excluding steroid dienone is 1. The Labute approximate surface area is 124 Å². The summed E-state index contributed by atoms with van der Waals surface area (Å²) in [5, 5.41) is 0. The summed E-state index contributed by atoms with van der Waals surface area (Å²) in [4.78, 5) is 11.4. The lowest BCUT2D eigenvalue weighted by molar-refractivity contribution is -0.143. The van der Waals surface area contributed by atoms with Crippen molar-refractivity contribution in [1.82, 2.24) is 4.72 Å². The molecule has 1 aliphatic heterocycles. The molecule has 21 heavy (non-hydrogen) atoms. The number of rotatable bonds is 3. The van der Waals surface area contributed by atoms with Crippen LogP contribution in [0.1, 0.15) is 32.1 Å². The van der Waals surface area contributed by atoms with E-state index in [0.717, 1.165) is 25.7 Å². The zero-order chi connectivity index (χ0) is 14.9. The summed E-state index contributed by atoms with van der Waals surface area (Å²) in [5.74, 6) is -0.591. The van der Waals surface area contributed by atoms with Gasteiger partial charge < -0.3 is 4.74 Å². The minimum absolute atomic E-state index is 0.0375. The van der Waals surface area contributed by atoms with Crippen molar-refractivity contribution in [1.29, 1.82) is 0 Å². The van der Waals surface area contributed by atoms with E-state index in [1.54, 1.807) is 18.2 Å². The minimum atomic E-state index is -3.50. The first-order valence-corrected chi connectivity index (χ1v) is 8.84. The maximum atomic E-state index is 12.4. The van der Waals surface area contributed by atoms with Gasteiger partial charge in [0.25, 0.3) is 0 Å². The van der Waals surface area contributed by atoms with E-state index < -0.39 is 16.1 Å². The average molecular weight is 309 g/mol. The van der Waals surface area contributed by atoms with Crippen molar-refractivity contribution in [2.75, 3.05) is 0 Å². The van der Waals surface area contributed by atoms with Gasteiger partial charge in [-0.15, -0.1) is 0 Å². The molecule has 3 rings (SSSR count). The lowest BCUT2D eigenvalue weighted by Gasteiger charge is -2.27. The molecule has 0 saturated heterocycles. The number of esters is 1. The van der Waals surface area contributed by atoms with Crippen LogP contribution in [-0.2, 0) is 19.6 Å². The fraction of sp³-hybridized carbons (Fsp3) is 0.533. The molecule has 1 saturated carbocycles. The first kappa shape index (κ1) is 14.5. The van der Waals surface area contributed by atoms with E-state index in [1.165, 1.54) is 18.6 Å². The number of nitrogens with one attached hydrogen (secondary N) is 1. The topological polar surface area (TPSA) is 72.5 Å². The molecule has 2 aliphatic carbocycles. The predicted octanol–water partition coefficient (Wildman–Crippen LogP) is 1.79. The van der Waals surface area contributed by atoms with Crippen molar-refractivity contribution in [3.8, 4) is 0 Å². The Kier molecular flexibility index (Phi) is 3.99. The highest BCUT2D eigenvalue weighted by Gasteiger charge is 2.30. The molecule has 0 aromatic rings. The number of hydrogen-bond acceptors (Lipinski definition) is 4. The van der Waals surface area contributed by atoms with E-state index in [4.69, 9.17) is 4.74 Å². The van der Waals surface area contributed by atoms with Crippen LogP contribution >= 0.6 is 0 Å². The Hall–Kier alpha value is -1.40. The molecule has 0 aromatic heterocycles. The fourth-order valence-corrected chi connectivity index (χ4v) is 4.40. The molecule has 1 fully saturated rings.